The summed E-state index contributed by atoms with van der Waals surface area (Å²) in [5, 5.41) is 0.854. The number of fused-ring (bicyclic) bond motifs is 1. The van der Waals surface area contributed by atoms with Crippen LogP contribution in [0.5, 0.6) is 0 Å². The van der Waals surface area contributed by atoms with Gasteiger partial charge in [-0.2, -0.15) is 0 Å². The molecule has 15 heavy (non-hydrogen) atoms. The molecule has 1 saturated carbocycles. The number of carbonyl (C=O) groups excluding carboxylic acids is 1. The normalized spacial score (nSPS) is 37.7. The van der Waals surface area contributed by atoms with Gasteiger partial charge in [-0.15, -0.1) is 0 Å². The van der Waals surface area contributed by atoms with Gasteiger partial charge in [0.2, 0.25) is 0 Å². The number of halogens is 1. The highest BCUT2D eigenvalue weighted by Gasteiger charge is 2.50. The zero-order valence-corrected chi connectivity index (χ0v) is 10.5. The number of methoxy groups -OCH3 is 1. The number of ether oxygens (including phenoxy) is 1. The third kappa shape index (κ3) is 1.67. The van der Waals surface area contributed by atoms with E-state index in [1.807, 2.05) is 0 Å². The van der Waals surface area contributed by atoms with Crippen LogP contribution in [0.3, 0.4) is 0 Å². The molecule has 3 rings (SSSR count). The van der Waals surface area contributed by atoms with Gasteiger partial charge >= 0.3 is 5.97 Å². The van der Waals surface area contributed by atoms with E-state index in [9.17, 15) is 4.79 Å². The third-order valence-electron chi connectivity index (χ3n) is 3.61. The Labute approximate surface area is 98.5 Å². The molecule has 3 aliphatic carbocycles. The van der Waals surface area contributed by atoms with Crippen LogP contribution in [0.4, 0.5) is 0 Å². The maximum Gasteiger partial charge on any atom is 0.309 e. The Bertz CT molecular complexity index is 333. The summed E-state index contributed by atoms with van der Waals surface area (Å²) in [4.78, 5) is 11.6. The second-order valence-electron chi connectivity index (χ2n) is 4.30. The number of esters is 1. The molecule has 2 bridgehead atoms. The molecule has 4 unspecified atom stereocenters. The molecular formula is C12H15BrO2. The molecule has 2 nitrogen and oxygen atoms in total. The summed E-state index contributed by atoms with van der Waals surface area (Å²) in [5.74, 6) is 1.24. The second-order valence-corrected chi connectivity index (χ2v) is 4.86. The van der Waals surface area contributed by atoms with E-state index in [-0.39, 0.29) is 11.9 Å². The van der Waals surface area contributed by atoms with Gasteiger partial charge in [0.25, 0.3) is 0 Å². The molecule has 82 valence electrons. The van der Waals surface area contributed by atoms with E-state index in [4.69, 9.17) is 4.74 Å². The Morgan fingerprint density at radius 1 is 1.53 bits per heavy atom. The van der Waals surface area contributed by atoms with Crippen LogP contribution in [0.1, 0.15) is 6.92 Å². The molecule has 0 radical (unpaired) electrons. The second kappa shape index (κ2) is 4.12. The lowest BCUT2D eigenvalue weighted by Gasteiger charge is -2.45. The Kier molecular flexibility index (Phi) is 3.01. The van der Waals surface area contributed by atoms with E-state index in [1.165, 1.54) is 12.7 Å². The maximum absolute atomic E-state index is 11.6. The molecule has 0 amide bonds. The van der Waals surface area contributed by atoms with Crippen molar-refractivity contribution in [2.45, 2.75) is 6.92 Å². The number of rotatable bonds is 2. The van der Waals surface area contributed by atoms with E-state index >= 15 is 0 Å². The summed E-state index contributed by atoms with van der Waals surface area (Å²) >= 11 is 3.45. The predicted molar refractivity (Wildman–Crippen MR) is 62.7 cm³/mol. The molecule has 0 aliphatic heterocycles. The summed E-state index contributed by atoms with van der Waals surface area (Å²) in [5.41, 5.74) is 1.26. The average molecular weight is 271 g/mol. The van der Waals surface area contributed by atoms with Crippen molar-refractivity contribution in [1.29, 1.82) is 0 Å². The molecule has 0 aromatic carbocycles. The molecule has 4 atom stereocenters. The standard InChI is InChI=1S/C12H15BrO2/c1-7-9-4-3-8(6-13)5-10(7)11(9)12(14)15-2/h3-5,7,9-11H,6H2,1-2H3. The fourth-order valence-electron chi connectivity index (χ4n) is 2.65. The molecule has 1 fully saturated rings. The molecule has 0 aromatic rings. The van der Waals surface area contributed by atoms with Gasteiger partial charge in [0.1, 0.15) is 0 Å². The van der Waals surface area contributed by atoms with Crippen LogP contribution in [0.2, 0.25) is 0 Å². The summed E-state index contributed by atoms with van der Waals surface area (Å²) in [6.07, 6.45) is 6.49. The first-order chi connectivity index (χ1) is 7.19. The average Bonchev–Trinajstić information content (AvgIpc) is 2.55. The van der Waals surface area contributed by atoms with E-state index in [1.54, 1.807) is 0 Å². The lowest BCUT2D eigenvalue weighted by Crippen LogP contribution is -2.47. The lowest BCUT2D eigenvalue weighted by atomic mass is 9.58. The van der Waals surface area contributed by atoms with Gasteiger partial charge in [-0.25, -0.2) is 0 Å². The number of hydrogen-bond donors (Lipinski definition) is 0. The van der Waals surface area contributed by atoms with Crippen LogP contribution in [0.25, 0.3) is 0 Å². The Morgan fingerprint density at radius 3 is 2.87 bits per heavy atom. The zero-order chi connectivity index (χ0) is 11.0. The fraction of sp³-hybridized carbons (Fsp3) is 0.583. The van der Waals surface area contributed by atoms with Gasteiger partial charge < -0.3 is 4.74 Å². The van der Waals surface area contributed by atoms with Crippen molar-refractivity contribution < 1.29 is 9.53 Å². The van der Waals surface area contributed by atoms with Gasteiger partial charge in [-0.05, 0) is 23.3 Å². The van der Waals surface area contributed by atoms with Gasteiger partial charge in [-0.3, -0.25) is 4.79 Å². The maximum atomic E-state index is 11.6. The highest BCUT2D eigenvalue weighted by atomic mass is 79.9. The molecule has 3 heteroatoms. The number of alkyl halides is 1. The first-order valence-corrected chi connectivity index (χ1v) is 6.34. The van der Waals surface area contributed by atoms with E-state index in [0.717, 1.165) is 5.33 Å². The zero-order valence-electron chi connectivity index (χ0n) is 8.94. The van der Waals surface area contributed by atoms with Crippen LogP contribution >= 0.6 is 15.9 Å². The fourth-order valence-corrected chi connectivity index (χ4v) is 3.02. The molecule has 0 heterocycles. The van der Waals surface area contributed by atoms with Gasteiger partial charge in [-0.1, -0.05) is 41.1 Å². The topological polar surface area (TPSA) is 26.3 Å². The van der Waals surface area contributed by atoms with Crippen LogP contribution in [-0.2, 0) is 9.53 Å². The van der Waals surface area contributed by atoms with E-state index in [2.05, 4.69) is 41.1 Å². The monoisotopic (exact) mass is 270 g/mol. The van der Waals surface area contributed by atoms with Crippen molar-refractivity contribution >= 4 is 21.9 Å². The van der Waals surface area contributed by atoms with Crippen molar-refractivity contribution in [3.8, 4) is 0 Å². The Balaban J connectivity index is 2.24. The van der Waals surface area contributed by atoms with Crippen LogP contribution in [0, 0.1) is 23.7 Å². The van der Waals surface area contributed by atoms with Crippen molar-refractivity contribution in [2.75, 3.05) is 12.4 Å². The van der Waals surface area contributed by atoms with Gasteiger partial charge in [0, 0.05) is 5.33 Å². The first-order valence-electron chi connectivity index (χ1n) is 5.21. The molecule has 0 N–H and O–H groups in total. The minimum atomic E-state index is -0.0696. The van der Waals surface area contributed by atoms with E-state index < -0.39 is 0 Å². The molecule has 0 saturated heterocycles. The van der Waals surface area contributed by atoms with Crippen molar-refractivity contribution in [2.24, 2.45) is 23.7 Å². The SMILES string of the molecule is COC(=O)C1C2C=CC(CBr)=CC1C2C. The van der Waals surface area contributed by atoms with Crippen molar-refractivity contribution in [1.82, 2.24) is 0 Å². The Hall–Kier alpha value is -0.570. The minimum Gasteiger partial charge on any atom is -0.469 e. The number of hydrogen-bond acceptors (Lipinski definition) is 2. The van der Waals surface area contributed by atoms with Crippen molar-refractivity contribution in [3.63, 3.8) is 0 Å². The van der Waals surface area contributed by atoms with Gasteiger partial charge in [0.05, 0.1) is 13.0 Å². The van der Waals surface area contributed by atoms with Crippen LogP contribution < -0.4 is 0 Å². The predicted octanol–water partition coefficient (Wildman–Crippen LogP) is 2.55. The number of carbonyl (C=O) groups is 1. The quantitative estimate of drug-likeness (QED) is 0.570. The smallest absolute Gasteiger partial charge is 0.309 e. The first kappa shape index (κ1) is 10.9. The number of allylic oxidation sites excluding steroid dienone is 4. The van der Waals surface area contributed by atoms with Crippen LogP contribution in [0.15, 0.2) is 23.8 Å². The van der Waals surface area contributed by atoms with Crippen LogP contribution in [-0.4, -0.2) is 18.4 Å². The Morgan fingerprint density at radius 2 is 2.27 bits per heavy atom. The molecule has 0 spiro atoms. The molecular weight excluding hydrogens is 256 g/mol. The van der Waals surface area contributed by atoms with Gasteiger partial charge in [0.15, 0.2) is 0 Å². The molecule has 0 aromatic heterocycles. The summed E-state index contributed by atoms with van der Waals surface area (Å²) in [6, 6.07) is 0. The summed E-state index contributed by atoms with van der Waals surface area (Å²) in [7, 11) is 1.47. The highest BCUT2D eigenvalue weighted by Crippen LogP contribution is 2.50. The summed E-state index contributed by atoms with van der Waals surface area (Å²) < 4.78 is 4.85. The minimum absolute atomic E-state index is 0.0396. The third-order valence-corrected chi connectivity index (χ3v) is 4.26. The van der Waals surface area contributed by atoms with E-state index in [0.29, 0.717) is 17.8 Å². The van der Waals surface area contributed by atoms with Crippen molar-refractivity contribution in [3.05, 3.63) is 23.8 Å². The lowest BCUT2D eigenvalue weighted by molar-refractivity contribution is -0.156. The highest BCUT2D eigenvalue weighted by molar-refractivity contribution is 9.09. The molecule has 3 aliphatic rings. The summed E-state index contributed by atoms with van der Waals surface area (Å²) in [6.45, 7) is 2.20. The largest absolute Gasteiger partial charge is 0.469 e.